The van der Waals surface area contributed by atoms with E-state index in [4.69, 9.17) is 16.3 Å². The van der Waals surface area contributed by atoms with Gasteiger partial charge < -0.3 is 4.74 Å². The van der Waals surface area contributed by atoms with Crippen LogP contribution in [-0.4, -0.2) is 16.4 Å². The summed E-state index contributed by atoms with van der Waals surface area (Å²) in [6, 6.07) is 9.46. The summed E-state index contributed by atoms with van der Waals surface area (Å²) in [6.45, 7) is 8.47. The summed E-state index contributed by atoms with van der Waals surface area (Å²) < 4.78 is 7.44. The van der Waals surface area contributed by atoms with Gasteiger partial charge in [-0.3, -0.25) is 0 Å². The number of hydrogen-bond acceptors (Lipinski definition) is 2. The van der Waals surface area contributed by atoms with Crippen LogP contribution in [0.25, 0.3) is 5.69 Å². The Bertz CT molecular complexity index is 572. The zero-order chi connectivity index (χ0) is 13.8. The molecule has 0 fully saturated rings. The zero-order valence-electron chi connectivity index (χ0n) is 11.2. The molecule has 3 nitrogen and oxygen atoms in total. The smallest absolute Gasteiger partial charge is 0.233 e. The third kappa shape index (κ3) is 3.38. The predicted molar refractivity (Wildman–Crippen MR) is 78.2 cm³/mol. The Morgan fingerprint density at radius 1 is 1.37 bits per heavy atom. The molecule has 0 atom stereocenters. The van der Waals surface area contributed by atoms with Gasteiger partial charge in [-0.25, -0.2) is 4.68 Å². The van der Waals surface area contributed by atoms with Crippen LogP contribution in [-0.2, 0) is 0 Å². The maximum absolute atomic E-state index is 5.88. The highest BCUT2D eigenvalue weighted by molar-refractivity contribution is 6.30. The lowest BCUT2D eigenvalue weighted by atomic mass is 10.2. The van der Waals surface area contributed by atoms with E-state index in [1.807, 2.05) is 41.9 Å². The van der Waals surface area contributed by atoms with Crippen molar-refractivity contribution >= 4 is 11.6 Å². The summed E-state index contributed by atoms with van der Waals surface area (Å²) in [5.74, 6) is 0.613. The minimum Gasteiger partial charge on any atom is -0.472 e. The first-order valence-corrected chi connectivity index (χ1v) is 6.60. The van der Waals surface area contributed by atoms with Crippen molar-refractivity contribution in [1.82, 2.24) is 9.78 Å². The second kappa shape index (κ2) is 5.93. The van der Waals surface area contributed by atoms with Crippen LogP contribution in [0.15, 0.2) is 42.5 Å². The van der Waals surface area contributed by atoms with Gasteiger partial charge in [0.15, 0.2) is 0 Å². The molecule has 0 N–H and O–H groups in total. The van der Waals surface area contributed by atoms with Gasteiger partial charge in [0.1, 0.15) is 6.61 Å². The average molecular weight is 277 g/mol. The molecule has 2 rings (SSSR count). The molecule has 2 aromatic rings. The molecule has 0 unspecified atom stereocenters. The van der Waals surface area contributed by atoms with E-state index in [0.29, 0.717) is 17.5 Å². The summed E-state index contributed by atoms with van der Waals surface area (Å²) >= 11 is 5.88. The van der Waals surface area contributed by atoms with Crippen molar-refractivity contribution in [1.29, 1.82) is 0 Å². The highest BCUT2D eigenvalue weighted by atomic mass is 35.5. The van der Waals surface area contributed by atoms with E-state index in [1.165, 1.54) is 0 Å². The van der Waals surface area contributed by atoms with Gasteiger partial charge in [0.05, 0.1) is 5.69 Å². The number of rotatable bonds is 5. The fourth-order valence-electron chi connectivity index (χ4n) is 1.64. The van der Waals surface area contributed by atoms with E-state index in [1.54, 1.807) is 0 Å². The molecule has 0 amide bonds. The number of halogens is 1. The van der Waals surface area contributed by atoms with Crippen LogP contribution in [0, 0.1) is 6.92 Å². The van der Waals surface area contributed by atoms with E-state index < -0.39 is 0 Å². The quantitative estimate of drug-likeness (QED) is 0.766. The highest BCUT2D eigenvalue weighted by Gasteiger charge is 2.07. The van der Waals surface area contributed by atoms with E-state index >= 15 is 0 Å². The molecule has 100 valence electrons. The Morgan fingerprint density at radius 3 is 2.68 bits per heavy atom. The summed E-state index contributed by atoms with van der Waals surface area (Å²) in [7, 11) is 0. The first-order valence-electron chi connectivity index (χ1n) is 6.22. The molecule has 0 saturated carbocycles. The van der Waals surface area contributed by atoms with Crippen molar-refractivity contribution in [3.05, 3.63) is 53.2 Å². The fourth-order valence-corrected chi connectivity index (χ4v) is 1.76. The predicted octanol–water partition coefficient (Wildman–Crippen LogP) is 4.18. The second-order valence-corrected chi connectivity index (χ2v) is 4.84. The first-order chi connectivity index (χ1) is 9.10. The van der Waals surface area contributed by atoms with Crippen LogP contribution in [0.5, 0.6) is 5.88 Å². The Hall–Kier alpha value is -1.74. The fraction of sp³-hybridized carbons (Fsp3) is 0.267. The van der Waals surface area contributed by atoms with Crippen LogP contribution in [0.3, 0.4) is 0 Å². The molecule has 0 saturated heterocycles. The van der Waals surface area contributed by atoms with Gasteiger partial charge in [0, 0.05) is 16.8 Å². The number of benzene rings is 1. The van der Waals surface area contributed by atoms with Gasteiger partial charge in [-0.05, 0) is 43.2 Å². The number of aromatic nitrogens is 2. The van der Waals surface area contributed by atoms with E-state index in [2.05, 4.69) is 18.6 Å². The van der Waals surface area contributed by atoms with Gasteiger partial charge in [-0.2, -0.15) is 0 Å². The van der Waals surface area contributed by atoms with Crippen molar-refractivity contribution in [3.63, 3.8) is 0 Å². The minimum atomic E-state index is 0.508. The topological polar surface area (TPSA) is 27.1 Å². The lowest BCUT2D eigenvalue weighted by Crippen LogP contribution is -2.02. The van der Waals surface area contributed by atoms with E-state index in [-0.39, 0.29) is 0 Å². The summed E-state index contributed by atoms with van der Waals surface area (Å²) in [5, 5.41) is 5.14. The Labute approximate surface area is 118 Å². The Balaban J connectivity index is 2.16. The monoisotopic (exact) mass is 276 g/mol. The zero-order valence-corrected chi connectivity index (χ0v) is 11.9. The van der Waals surface area contributed by atoms with Gasteiger partial charge in [0.2, 0.25) is 5.88 Å². The van der Waals surface area contributed by atoms with Gasteiger partial charge in [-0.1, -0.05) is 25.1 Å². The van der Waals surface area contributed by atoms with Crippen LogP contribution < -0.4 is 4.74 Å². The van der Waals surface area contributed by atoms with Crippen LogP contribution in [0.4, 0.5) is 0 Å². The lowest BCUT2D eigenvalue weighted by Gasteiger charge is -2.04. The number of nitrogens with zero attached hydrogens (tertiary/aromatic N) is 2. The molecule has 0 bridgehead atoms. The maximum atomic E-state index is 5.88. The van der Waals surface area contributed by atoms with Crippen LogP contribution >= 0.6 is 11.6 Å². The number of aryl methyl sites for hydroxylation is 1. The Morgan fingerprint density at radius 2 is 2.05 bits per heavy atom. The van der Waals surface area contributed by atoms with Gasteiger partial charge in [0.25, 0.3) is 0 Å². The number of hydrogen-bond donors (Lipinski definition) is 0. The third-order valence-electron chi connectivity index (χ3n) is 2.86. The maximum Gasteiger partial charge on any atom is 0.233 e. The van der Waals surface area contributed by atoms with Crippen molar-refractivity contribution in [2.45, 2.75) is 20.3 Å². The molecule has 1 aromatic heterocycles. The lowest BCUT2D eigenvalue weighted by molar-refractivity contribution is 0.333. The first kappa shape index (κ1) is 13.7. The molecular formula is C15H17ClN2O. The van der Waals surface area contributed by atoms with Gasteiger partial charge >= 0.3 is 0 Å². The SMILES string of the molecule is C=C(CC)COc1cc(C)n(-c2ccc(Cl)cc2)n1. The average Bonchev–Trinajstić information content (AvgIpc) is 2.78. The molecule has 0 aliphatic heterocycles. The van der Waals surface area contributed by atoms with Crippen LogP contribution in [0.1, 0.15) is 19.0 Å². The number of ether oxygens (including phenoxy) is 1. The van der Waals surface area contributed by atoms with E-state index in [9.17, 15) is 0 Å². The minimum absolute atomic E-state index is 0.508. The summed E-state index contributed by atoms with van der Waals surface area (Å²) in [6.07, 6.45) is 0.914. The molecule has 1 heterocycles. The van der Waals surface area contributed by atoms with Crippen molar-refractivity contribution in [2.24, 2.45) is 0 Å². The molecule has 0 spiro atoms. The van der Waals surface area contributed by atoms with Crippen molar-refractivity contribution < 1.29 is 4.74 Å². The Kier molecular flexibility index (Phi) is 4.27. The normalized spacial score (nSPS) is 10.5. The van der Waals surface area contributed by atoms with Crippen molar-refractivity contribution in [3.8, 4) is 11.6 Å². The van der Waals surface area contributed by atoms with E-state index in [0.717, 1.165) is 23.4 Å². The van der Waals surface area contributed by atoms with Gasteiger partial charge in [-0.15, -0.1) is 5.10 Å². The molecular weight excluding hydrogens is 260 g/mol. The standard InChI is InChI=1S/C15H17ClN2O/c1-4-11(2)10-19-15-9-12(3)18(17-15)14-7-5-13(16)6-8-14/h5-9H,2,4,10H2,1,3H3. The molecule has 4 heteroatoms. The molecule has 0 aliphatic rings. The second-order valence-electron chi connectivity index (χ2n) is 4.40. The largest absolute Gasteiger partial charge is 0.472 e. The van der Waals surface area contributed by atoms with Crippen molar-refractivity contribution in [2.75, 3.05) is 6.61 Å². The highest BCUT2D eigenvalue weighted by Crippen LogP contribution is 2.19. The molecule has 0 radical (unpaired) electrons. The molecule has 19 heavy (non-hydrogen) atoms. The van der Waals surface area contributed by atoms with Crippen LogP contribution in [0.2, 0.25) is 5.02 Å². The summed E-state index contributed by atoms with van der Waals surface area (Å²) in [5.41, 5.74) is 3.03. The molecule has 0 aliphatic carbocycles. The molecule has 1 aromatic carbocycles. The summed E-state index contributed by atoms with van der Waals surface area (Å²) in [4.78, 5) is 0. The third-order valence-corrected chi connectivity index (χ3v) is 3.11.